The molecule has 14 heavy (non-hydrogen) atoms. The Hall–Kier alpha value is -0.120. The third-order valence-electron chi connectivity index (χ3n) is 2.81. The van der Waals surface area contributed by atoms with Gasteiger partial charge in [-0.05, 0) is 25.8 Å². The first-order valence-electron chi connectivity index (χ1n) is 5.58. The van der Waals surface area contributed by atoms with Gasteiger partial charge in [0.25, 0.3) is 0 Å². The highest BCUT2D eigenvalue weighted by Gasteiger charge is 2.19. The molecule has 1 saturated heterocycles. The van der Waals surface area contributed by atoms with E-state index in [1.54, 1.807) is 0 Å². The Bertz CT molecular complexity index is 151. The number of aliphatic hydroxyl groups excluding tert-OH is 1. The summed E-state index contributed by atoms with van der Waals surface area (Å²) < 4.78 is 5.54. The Morgan fingerprint density at radius 2 is 2.21 bits per heavy atom. The normalized spacial score (nSPS) is 24.9. The van der Waals surface area contributed by atoms with Crippen LogP contribution in [0.2, 0.25) is 0 Å². The first-order valence-corrected chi connectivity index (χ1v) is 5.58. The van der Waals surface area contributed by atoms with Crippen molar-refractivity contribution in [1.82, 2.24) is 4.90 Å². The van der Waals surface area contributed by atoms with E-state index in [0.717, 1.165) is 19.7 Å². The maximum atomic E-state index is 9.69. The lowest BCUT2D eigenvalue weighted by molar-refractivity contribution is 0.0469. The van der Waals surface area contributed by atoms with E-state index in [2.05, 4.69) is 4.90 Å². The summed E-state index contributed by atoms with van der Waals surface area (Å²) in [5.41, 5.74) is 0. The minimum Gasteiger partial charge on any atom is -0.392 e. The number of nitrogens with zero attached hydrogens (tertiary/aromatic N) is 1. The molecular weight excluding hydrogens is 178 g/mol. The van der Waals surface area contributed by atoms with Crippen LogP contribution in [0, 0.1) is 5.92 Å². The molecule has 1 heterocycles. The lowest BCUT2D eigenvalue weighted by Gasteiger charge is -2.24. The van der Waals surface area contributed by atoms with Gasteiger partial charge in [0.05, 0.1) is 12.2 Å². The van der Waals surface area contributed by atoms with E-state index in [1.165, 1.54) is 12.8 Å². The standard InChI is InChI=1S/C11H23NO2/c1-9(2)11(13)8-12(3)7-10-5-4-6-14-10/h9-11,13H,4-8H2,1-3H3. The summed E-state index contributed by atoms with van der Waals surface area (Å²) in [7, 11) is 2.05. The van der Waals surface area contributed by atoms with Gasteiger partial charge in [-0.15, -0.1) is 0 Å². The molecule has 1 rings (SSSR count). The molecule has 1 fully saturated rings. The molecule has 0 saturated carbocycles. The second-order valence-electron chi connectivity index (χ2n) is 4.67. The van der Waals surface area contributed by atoms with Crippen LogP contribution in [0.15, 0.2) is 0 Å². The van der Waals surface area contributed by atoms with Crippen molar-refractivity contribution in [2.24, 2.45) is 5.92 Å². The Morgan fingerprint density at radius 1 is 1.50 bits per heavy atom. The van der Waals surface area contributed by atoms with Gasteiger partial charge in [-0.2, -0.15) is 0 Å². The molecule has 2 atom stereocenters. The van der Waals surface area contributed by atoms with Crippen molar-refractivity contribution in [2.75, 3.05) is 26.7 Å². The summed E-state index contributed by atoms with van der Waals surface area (Å²) in [5, 5.41) is 9.69. The molecular formula is C11H23NO2. The van der Waals surface area contributed by atoms with Gasteiger partial charge in [0.1, 0.15) is 0 Å². The molecule has 0 aromatic heterocycles. The average molecular weight is 201 g/mol. The summed E-state index contributed by atoms with van der Waals surface area (Å²) in [4.78, 5) is 2.17. The van der Waals surface area contributed by atoms with Crippen molar-refractivity contribution in [1.29, 1.82) is 0 Å². The number of ether oxygens (including phenoxy) is 1. The zero-order chi connectivity index (χ0) is 10.6. The van der Waals surface area contributed by atoms with E-state index in [9.17, 15) is 5.11 Å². The molecule has 3 nitrogen and oxygen atoms in total. The predicted molar refractivity (Wildman–Crippen MR) is 57.3 cm³/mol. The zero-order valence-corrected chi connectivity index (χ0v) is 9.57. The van der Waals surface area contributed by atoms with Crippen molar-refractivity contribution < 1.29 is 9.84 Å². The Morgan fingerprint density at radius 3 is 2.71 bits per heavy atom. The van der Waals surface area contributed by atoms with Gasteiger partial charge in [-0.25, -0.2) is 0 Å². The topological polar surface area (TPSA) is 32.7 Å². The highest BCUT2D eigenvalue weighted by atomic mass is 16.5. The molecule has 0 spiro atoms. The highest BCUT2D eigenvalue weighted by Crippen LogP contribution is 2.13. The van der Waals surface area contributed by atoms with Gasteiger partial charge in [-0.1, -0.05) is 13.8 Å². The van der Waals surface area contributed by atoms with Crippen LogP contribution in [0.5, 0.6) is 0 Å². The maximum Gasteiger partial charge on any atom is 0.0702 e. The SMILES string of the molecule is CC(C)C(O)CN(C)CC1CCCO1. The summed E-state index contributed by atoms with van der Waals surface area (Å²) >= 11 is 0. The third-order valence-corrected chi connectivity index (χ3v) is 2.81. The fourth-order valence-electron chi connectivity index (χ4n) is 1.74. The van der Waals surface area contributed by atoms with Gasteiger partial charge in [0.2, 0.25) is 0 Å². The predicted octanol–water partition coefficient (Wildman–Crippen LogP) is 1.11. The van der Waals surface area contributed by atoms with Crippen LogP contribution in [0.1, 0.15) is 26.7 Å². The van der Waals surface area contributed by atoms with Crippen molar-refractivity contribution in [3.63, 3.8) is 0 Å². The molecule has 84 valence electrons. The van der Waals surface area contributed by atoms with E-state index in [1.807, 2.05) is 20.9 Å². The van der Waals surface area contributed by atoms with E-state index < -0.39 is 0 Å². The zero-order valence-electron chi connectivity index (χ0n) is 9.57. The molecule has 0 aliphatic carbocycles. The molecule has 0 bridgehead atoms. The minimum absolute atomic E-state index is 0.221. The van der Waals surface area contributed by atoms with Crippen molar-refractivity contribution in [3.8, 4) is 0 Å². The van der Waals surface area contributed by atoms with Gasteiger partial charge in [0.15, 0.2) is 0 Å². The van der Waals surface area contributed by atoms with Gasteiger partial charge in [0, 0.05) is 19.7 Å². The van der Waals surface area contributed by atoms with Crippen LogP contribution >= 0.6 is 0 Å². The van der Waals surface area contributed by atoms with Crippen LogP contribution < -0.4 is 0 Å². The van der Waals surface area contributed by atoms with Crippen LogP contribution in [0.25, 0.3) is 0 Å². The number of hydrogen-bond donors (Lipinski definition) is 1. The molecule has 1 N–H and O–H groups in total. The van der Waals surface area contributed by atoms with Crippen LogP contribution in [0.4, 0.5) is 0 Å². The molecule has 3 heteroatoms. The third kappa shape index (κ3) is 3.95. The minimum atomic E-state index is -0.221. The number of rotatable bonds is 5. The molecule has 0 aromatic carbocycles. The van der Waals surface area contributed by atoms with Crippen LogP contribution in [0.3, 0.4) is 0 Å². The average Bonchev–Trinajstić information content (AvgIpc) is 2.56. The fraction of sp³-hybridized carbons (Fsp3) is 1.00. The first kappa shape index (κ1) is 12.0. The summed E-state index contributed by atoms with van der Waals surface area (Å²) in [6, 6.07) is 0. The summed E-state index contributed by atoms with van der Waals surface area (Å²) in [6.45, 7) is 6.70. The highest BCUT2D eigenvalue weighted by molar-refractivity contribution is 4.71. The summed E-state index contributed by atoms with van der Waals surface area (Å²) in [5.74, 6) is 0.335. The lowest BCUT2D eigenvalue weighted by atomic mass is 10.1. The molecule has 1 aliphatic heterocycles. The number of aliphatic hydroxyl groups is 1. The Kier molecular flexibility index (Phi) is 4.85. The second-order valence-corrected chi connectivity index (χ2v) is 4.67. The molecule has 0 amide bonds. The van der Waals surface area contributed by atoms with Gasteiger partial charge in [-0.3, -0.25) is 0 Å². The van der Waals surface area contributed by atoms with E-state index in [0.29, 0.717) is 12.0 Å². The molecule has 1 aliphatic rings. The lowest BCUT2D eigenvalue weighted by Crippen LogP contribution is -2.36. The fourth-order valence-corrected chi connectivity index (χ4v) is 1.74. The molecule has 0 radical (unpaired) electrons. The quantitative estimate of drug-likeness (QED) is 0.723. The number of hydrogen-bond acceptors (Lipinski definition) is 3. The first-order chi connectivity index (χ1) is 6.59. The number of likely N-dealkylation sites (N-methyl/N-ethyl adjacent to an activating group) is 1. The summed E-state index contributed by atoms with van der Waals surface area (Å²) in [6.07, 6.45) is 2.52. The second kappa shape index (κ2) is 5.69. The van der Waals surface area contributed by atoms with Crippen LogP contribution in [-0.2, 0) is 4.74 Å². The van der Waals surface area contributed by atoms with E-state index >= 15 is 0 Å². The van der Waals surface area contributed by atoms with E-state index in [4.69, 9.17) is 4.74 Å². The van der Waals surface area contributed by atoms with Gasteiger partial charge < -0.3 is 14.7 Å². The molecule has 2 unspecified atom stereocenters. The molecule has 0 aromatic rings. The monoisotopic (exact) mass is 201 g/mol. The van der Waals surface area contributed by atoms with Crippen LogP contribution in [-0.4, -0.2) is 49.0 Å². The van der Waals surface area contributed by atoms with E-state index in [-0.39, 0.29) is 6.10 Å². The van der Waals surface area contributed by atoms with Crippen molar-refractivity contribution >= 4 is 0 Å². The largest absolute Gasteiger partial charge is 0.392 e. The van der Waals surface area contributed by atoms with Crippen molar-refractivity contribution in [2.45, 2.75) is 38.9 Å². The smallest absolute Gasteiger partial charge is 0.0702 e. The van der Waals surface area contributed by atoms with Crippen molar-refractivity contribution in [3.05, 3.63) is 0 Å². The van der Waals surface area contributed by atoms with Gasteiger partial charge >= 0.3 is 0 Å². The Labute approximate surface area is 87.1 Å². The maximum absolute atomic E-state index is 9.69. The Balaban J connectivity index is 2.17.